The first kappa shape index (κ1) is 15.3. The second-order valence-corrected chi connectivity index (χ2v) is 3.69. The fourth-order valence-electron chi connectivity index (χ4n) is 1.38. The number of para-hydroxylation sites is 1. The summed E-state index contributed by atoms with van der Waals surface area (Å²) in [7, 11) is 0. The van der Waals surface area contributed by atoms with E-state index >= 15 is 0 Å². The topological polar surface area (TPSA) is 59.3 Å². The van der Waals surface area contributed by atoms with Gasteiger partial charge in [0.1, 0.15) is 30.6 Å². The number of carbonyl (C=O) groups excluding carboxylic acids is 1. The normalized spacial score (nSPS) is 10.2. The summed E-state index contributed by atoms with van der Waals surface area (Å²) in [6.45, 7) is 7.41. The van der Waals surface area contributed by atoms with Crippen molar-refractivity contribution in [2.75, 3.05) is 13.2 Å². The third kappa shape index (κ3) is 4.46. The molecule has 4 heteroatoms. The van der Waals surface area contributed by atoms with Gasteiger partial charge in [-0.25, -0.2) is 4.79 Å². The second-order valence-electron chi connectivity index (χ2n) is 3.69. The van der Waals surface area contributed by atoms with Crippen LogP contribution in [0, 0.1) is 11.3 Å². The molecule has 0 unspecified atom stereocenters. The number of esters is 1. The van der Waals surface area contributed by atoms with E-state index in [1.807, 2.05) is 6.07 Å². The maximum absolute atomic E-state index is 11.6. The third-order valence-electron chi connectivity index (χ3n) is 2.25. The molecule has 0 atom stereocenters. The highest BCUT2D eigenvalue weighted by Crippen LogP contribution is 2.21. The van der Waals surface area contributed by atoms with Crippen molar-refractivity contribution >= 4 is 12.0 Å². The Balaban J connectivity index is 3.00. The van der Waals surface area contributed by atoms with E-state index < -0.39 is 5.97 Å². The molecule has 1 aromatic carbocycles. The lowest BCUT2D eigenvalue weighted by Crippen LogP contribution is -2.06. The van der Waals surface area contributed by atoms with E-state index in [-0.39, 0.29) is 12.2 Å². The van der Waals surface area contributed by atoms with E-state index in [4.69, 9.17) is 14.7 Å². The van der Waals surface area contributed by atoms with Crippen molar-refractivity contribution in [2.45, 2.75) is 0 Å². The molecule has 1 aromatic rings. The van der Waals surface area contributed by atoms with Gasteiger partial charge >= 0.3 is 5.97 Å². The molecule has 4 nitrogen and oxygen atoms in total. The van der Waals surface area contributed by atoms with Gasteiger partial charge in [0.2, 0.25) is 0 Å². The van der Waals surface area contributed by atoms with Gasteiger partial charge in [-0.2, -0.15) is 5.26 Å². The standard InChI is InChI=1S/C16H15NO3/c1-3-9-19-15-8-6-5-7-13(15)11-14(12-17)16(18)20-10-4-2/h3-8,11H,1-2,9-10H2/b14-11+. The minimum absolute atomic E-state index is 0.0620. The number of carbonyl (C=O) groups is 1. The van der Waals surface area contributed by atoms with Gasteiger partial charge in [-0.15, -0.1) is 0 Å². The quantitative estimate of drug-likeness (QED) is 0.330. The minimum atomic E-state index is -0.689. The lowest BCUT2D eigenvalue weighted by Gasteiger charge is -2.07. The fraction of sp³-hybridized carbons (Fsp3) is 0.125. The van der Waals surface area contributed by atoms with Crippen LogP contribution >= 0.6 is 0 Å². The summed E-state index contributed by atoms with van der Waals surface area (Å²) in [5, 5.41) is 9.02. The first-order valence-corrected chi connectivity index (χ1v) is 5.95. The molecule has 0 aliphatic rings. The van der Waals surface area contributed by atoms with Crippen molar-refractivity contribution in [3.63, 3.8) is 0 Å². The van der Waals surface area contributed by atoms with Crippen molar-refractivity contribution in [1.29, 1.82) is 5.26 Å². The Morgan fingerprint density at radius 2 is 1.95 bits per heavy atom. The SMILES string of the molecule is C=CCOC(=O)/C(C#N)=C/c1ccccc1OCC=C. The lowest BCUT2D eigenvalue weighted by atomic mass is 10.1. The van der Waals surface area contributed by atoms with Crippen LogP contribution in [-0.2, 0) is 9.53 Å². The fourth-order valence-corrected chi connectivity index (χ4v) is 1.38. The number of rotatable bonds is 7. The van der Waals surface area contributed by atoms with Crippen molar-refractivity contribution < 1.29 is 14.3 Å². The number of ether oxygens (including phenoxy) is 2. The Labute approximate surface area is 118 Å². The predicted molar refractivity (Wildman–Crippen MR) is 76.9 cm³/mol. The Hall–Kier alpha value is -2.80. The highest BCUT2D eigenvalue weighted by molar-refractivity contribution is 5.98. The van der Waals surface area contributed by atoms with Crippen LogP contribution in [0.5, 0.6) is 5.75 Å². The summed E-state index contributed by atoms with van der Waals surface area (Å²) >= 11 is 0. The Kier molecular flexibility index (Phi) is 6.35. The number of nitriles is 1. The molecule has 20 heavy (non-hydrogen) atoms. The predicted octanol–water partition coefficient (Wildman–Crippen LogP) is 2.89. The summed E-state index contributed by atoms with van der Waals surface area (Å²) < 4.78 is 10.3. The minimum Gasteiger partial charge on any atom is -0.489 e. The number of hydrogen-bond acceptors (Lipinski definition) is 4. The zero-order valence-electron chi connectivity index (χ0n) is 11.0. The van der Waals surface area contributed by atoms with E-state index in [2.05, 4.69) is 13.2 Å². The average Bonchev–Trinajstić information content (AvgIpc) is 2.49. The molecule has 0 aliphatic heterocycles. The largest absolute Gasteiger partial charge is 0.489 e. The Bertz CT molecular complexity index is 567. The lowest BCUT2D eigenvalue weighted by molar-refractivity contribution is -0.137. The molecule has 0 fully saturated rings. The molecule has 0 radical (unpaired) electrons. The van der Waals surface area contributed by atoms with Crippen molar-refractivity contribution in [1.82, 2.24) is 0 Å². The molecular formula is C16H15NO3. The molecule has 0 saturated carbocycles. The first-order valence-electron chi connectivity index (χ1n) is 5.95. The van der Waals surface area contributed by atoms with Crippen molar-refractivity contribution in [3.8, 4) is 11.8 Å². The van der Waals surface area contributed by atoms with Crippen LogP contribution in [0.1, 0.15) is 5.56 Å². The highest BCUT2D eigenvalue weighted by Gasteiger charge is 2.11. The van der Waals surface area contributed by atoms with Gasteiger partial charge in [-0.1, -0.05) is 43.5 Å². The maximum Gasteiger partial charge on any atom is 0.349 e. The molecule has 0 heterocycles. The third-order valence-corrected chi connectivity index (χ3v) is 2.25. The van der Waals surface area contributed by atoms with Gasteiger partial charge in [-0.3, -0.25) is 0 Å². The monoisotopic (exact) mass is 269 g/mol. The summed E-state index contributed by atoms with van der Waals surface area (Å²) in [6, 6.07) is 8.91. The molecule has 0 aliphatic carbocycles. The van der Waals surface area contributed by atoms with Gasteiger partial charge in [0.05, 0.1) is 0 Å². The molecule has 0 bridgehead atoms. The zero-order valence-corrected chi connectivity index (χ0v) is 11.0. The van der Waals surface area contributed by atoms with E-state index in [1.54, 1.807) is 30.3 Å². The van der Waals surface area contributed by atoms with Gasteiger partial charge in [0.25, 0.3) is 0 Å². The smallest absolute Gasteiger partial charge is 0.349 e. The number of benzene rings is 1. The van der Waals surface area contributed by atoms with Crippen LogP contribution in [0.3, 0.4) is 0 Å². The highest BCUT2D eigenvalue weighted by atomic mass is 16.5. The van der Waals surface area contributed by atoms with Crippen molar-refractivity contribution in [3.05, 3.63) is 60.7 Å². The van der Waals surface area contributed by atoms with E-state index in [9.17, 15) is 4.79 Å². The molecule has 0 saturated heterocycles. The first-order chi connectivity index (χ1) is 9.72. The van der Waals surface area contributed by atoms with Gasteiger partial charge in [-0.05, 0) is 12.1 Å². The molecule has 0 aromatic heterocycles. The van der Waals surface area contributed by atoms with Gasteiger partial charge in [0, 0.05) is 5.56 Å². The summed E-state index contributed by atoms with van der Waals surface area (Å²) in [4.78, 5) is 11.6. The molecule has 0 amide bonds. The van der Waals surface area contributed by atoms with Crippen LogP contribution < -0.4 is 4.74 Å². The van der Waals surface area contributed by atoms with Crippen LogP contribution in [-0.4, -0.2) is 19.2 Å². The molecule has 0 spiro atoms. The van der Waals surface area contributed by atoms with Gasteiger partial charge in [0.15, 0.2) is 0 Å². The number of nitrogens with zero attached hydrogens (tertiary/aromatic N) is 1. The van der Waals surface area contributed by atoms with Crippen molar-refractivity contribution in [2.24, 2.45) is 0 Å². The summed E-state index contributed by atoms with van der Waals surface area (Å²) in [5.74, 6) is -0.123. The van der Waals surface area contributed by atoms with E-state index in [0.717, 1.165) is 0 Å². The van der Waals surface area contributed by atoms with E-state index in [1.165, 1.54) is 12.2 Å². The van der Waals surface area contributed by atoms with Gasteiger partial charge < -0.3 is 9.47 Å². The maximum atomic E-state index is 11.6. The van der Waals surface area contributed by atoms with Crippen LogP contribution in [0.15, 0.2) is 55.1 Å². The molecular weight excluding hydrogens is 254 g/mol. The summed E-state index contributed by atoms with van der Waals surface area (Å²) in [6.07, 6.45) is 4.49. The molecule has 1 rings (SSSR count). The average molecular weight is 269 g/mol. The zero-order chi connectivity index (χ0) is 14.8. The Morgan fingerprint density at radius 3 is 2.60 bits per heavy atom. The second kappa shape index (κ2) is 8.33. The molecule has 0 N–H and O–H groups in total. The number of hydrogen-bond donors (Lipinski definition) is 0. The van der Waals surface area contributed by atoms with Crippen LogP contribution in [0.25, 0.3) is 6.08 Å². The van der Waals surface area contributed by atoms with Crippen LogP contribution in [0.2, 0.25) is 0 Å². The summed E-state index contributed by atoms with van der Waals surface area (Å²) in [5.41, 5.74) is 0.531. The van der Waals surface area contributed by atoms with E-state index in [0.29, 0.717) is 17.9 Å². The Morgan fingerprint density at radius 1 is 1.25 bits per heavy atom. The van der Waals surface area contributed by atoms with Crippen LogP contribution in [0.4, 0.5) is 0 Å². The molecule has 102 valence electrons.